The van der Waals surface area contributed by atoms with Crippen molar-refractivity contribution in [2.45, 2.75) is 18.4 Å². The summed E-state index contributed by atoms with van der Waals surface area (Å²) in [5, 5.41) is 6.34. The monoisotopic (exact) mass is 366 g/mol. The number of carbonyl (C=O) groups excluding carboxylic acids is 1. The van der Waals surface area contributed by atoms with E-state index >= 15 is 0 Å². The molecule has 5 nitrogen and oxygen atoms in total. The van der Waals surface area contributed by atoms with E-state index in [2.05, 4.69) is 10.6 Å². The predicted molar refractivity (Wildman–Crippen MR) is 96.1 cm³/mol. The van der Waals surface area contributed by atoms with E-state index in [9.17, 15) is 13.2 Å². The second kappa shape index (κ2) is 7.68. The van der Waals surface area contributed by atoms with Crippen LogP contribution in [0.15, 0.2) is 47.4 Å². The molecule has 2 rings (SSSR count). The minimum atomic E-state index is -3.29. The number of anilines is 1. The smallest absolute Gasteiger partial charge is 0.239 e. The van der Waals surface area contributed by atoms with Gasteiger partial charge in [-0.25, -0.2) is 8.42 Å². The van der Waals surface area contributed by atoms with E-state index in [4.69, 9.17) is 11.6 Å². The lowest BCUT2D eigenvalue weighted by Crippen LogP contribution is -2.29. The molecule has 2 N–H and O–H groups in total. The average Bonchev–Trinajstić information content (AvgIpc) is 2.52. The lowest BCUT2D eigenvalue weighted by Gasteiger charge is -2.12. The highest BCUT2D eigenvalue weighted by molar-refractivity contribution is 7.90. The first-order valence-electron chi connectivity index (χ1n) is 7.32. The third-order valence-electron chi connectivity index (χ3n) is 3.51. The van der Waals surface area contributed by atoms with Crippen LogP contribution < -0.4 is 10.6 Å². The second-order valence-electron chi connectivity index (χ2n) is 5.47. The molecule has 0 saturated heterocycles. The number of rotatable bonds is 6. The Bertz CT molecular complexity index is 851. The Morgan fingerprint density at radius 1 is 1.17 bits per heavy atom. The van der Waals surface area contributed by atoms with E-state index in [0.717, 1.165) is 17.4 Å². The Morgan fingerprint density at radius 2 is 1.88 bits per heavy atom. The van der Waals surface area contributed by atoms with Crippen LogP contribution in [0.5, 0.6) is 0 Å². The lowest BCUT2D eigenvalue weighted by molar-refractivity contribution is -0.119. The molecule has 0 radical (unpaired) electrons. The number of halogens is 1. The van der Waals surface area contributed by atoms with Crippen LogP contribution in [0.3, 0.4) is 0 Å². The molecule has 2 aromatic carbocycles. The van der Waals surface area contributed by atoms with Gasteiger partial charge in [0.05, 0.1) is 11.4 Å². The highest BCUT2D eigenvalue weighted by Gasteiger charge is 2.10. The van der Waals surface area contributed by atoms with Gasteiger partial charge in [-0.1, -0.05) is 35.9 Å². The Kier molecular flexibility index (Phi) is 5.85. The van der Waals surface area contributed by atoms with Gasteiger partial charge in [-0.2, -0.15) is 0 Å². The van der Waals surface area contributed by atoms with Crippen LogP contribution in [0.2, 0.25) is 5.02 Å². The number of benzene rings is 2. The lowest BCUT2D eigenvalue weighted by atomic mass is 10.2. The van der Waals surface area contributed by atoms with Gasteiger partial charge in [-0.15, -0.1) is 0 Å². The molecule has 0 heterocycles. The standard InChI is InChI=1S/C17H19ClN2O3S/c1-12-7-8-14(24(2,22)23)9-16(12)19-11-17(21)20-10-13-5-3-4-6-15(13)18/h3-9,19H,10-11H2,1-2H3,(H,20,21). The first kappa shape index (κ1) is 18.3. The molecule has 0 spiro atoms. The van der Waals surface area contributed by atoms with Gasteiger partial charge in [-0.3, -0.25) is 4.79 Å². The molecule has 24 heavy (non-hydrogen) atoms. The molecule has 0 aliphatic carbocycles. The maximum atomic E-state index is 12.0. The molecule has 7 heteroatoms. The Labute approximate surface area is 147 Å². The first-order chi connectivity index (χ1) is 11.3. The SMILES string of the molecule is Cc1ccc(S(C)(=O)=O)cc1NCC(=O)NCc1ccccc1Cl. The van der Waals surface area contributed by atoms with Crippen molar-refractivity contribution < 1.29 is 13.2 Å². The summed E-state index contributed by atoms with van der Waals surface area (Å²) in [5.41, 5.74) is 2.31. The molecule has 0 fully saturated rings. The van der Waals surface area contributed by atoms with Crippen LogP contribution in [0, 0.1) is 6.92 Å². The van der Waals surface area contributed by atoms with Crippen LogP contribution in [0.1, 0.15) is 11.1 Å². The van der Waals surface area contributed by atoms with Gasteiger partial charge in [-0.05, 0) is 36.2 Å². The number of aryl methyl sites for hydroxylation is 1. The van der Waals surface area contributed by atoms with Crippen molar-refractivity contribution >= 4 is 33.0 Å². The zero-order valence-electron chi connectivity index (χ0n) is 13.5. The summed E-state index contributed by atoms with van der Waals surface area (Å²) in [6.45, 7) is 2.22. The normalized spacial score (nSPS) is 11.1. The number of carbonyl (C=O) groups is 1. The molecule has 0 bridgehead atoms. The maximum absolute atomic E-state index is 12.0. The van der Waals surface area contributed by atoms with Crippen LogP contribution in [0.25, 0.3) is 0 Å². The van der Waals surface area contributed by atoms with Gasteiger partial charge in [0.15, 0.2) is 9.84 Å². The van der Waals surface area contributed by atoms with Gasteiger partial charge < -0.3 is 10.6 Å². The van der Waals surface area contributed by atoms with E-state index in [-0.39, 0.29) is 17.3 Å². The minimum absolute atomic E-state index is 0.0402. The van der Waals surface area contributed by atoms with Crippen LogP contribution in [-0.2, 0) is 21.2 Å². The summed E-state index contributed by atoms with van der Waals surface area (Å²) >= 11 is 6.04. The summed E-state index contributed by atoms with van der Waals surface area (Å²) in [4.78, 5) is 12.2. The van der Waals surface area contributed by atoms with E-state index in [1.165, 1.54) is 6.07 Å². The highest BCUT2D eigenvalue weighted by Crippen LogP contribution is 2.20. The summed E-state index contributed by atoms with van der Waals surface area (Å²) in [6.07, 6.45) is 1.15. The van der Waals surface area contributed by atoms with Crippen molar-refractivity contribution in [1.29, 1.82) is 0 Å². The molecular formula is C17H19ClN2O3S. The zero-order valence-corrected chi connectivity index (χ0v) is 15.0. The summed E-state index contributed by atoms with van der Waals surface area (Å²) in [7, 11) is -3.29. The number of sulfone groups is 1. The Hall–Kier alpha value is -2.05. The van der Waals surface area contributed by atoms with E-state index in [0.29, 0.717) is 17.3 Å². The molecule has 1 amide bonds. The molecule has 0 aliphatic rings. The zero-order chi connectivity index (χ0) is 17.7. The number of hydrogen-bond acceptors (Lipinski definition) is 4. The quantitative estimate of drug-likeness (QED) is 0.824. The molecular weight excluding hydrogens is 348 g/mol. The van der Waals surface area contributed by atoms with E-state index in [1.54, 1.807) is 18.2 Å². The highest BCUT2D eigenvalue weighted by atomic mass is 35.5. The molecule has 0 aromatic heterocycles. The molecule has 128 valence electrons. The topological polar surface area (TPSA) is 75.3 Å². The summed E-state index contributed by atoms with van der Waals surface area (Å²) in [5.74, 6) is -0.209. The van der Waals surface area contributed by atoms with Crippen molar-refractivity contribution in [2.75, 3.05) is 18.1 Å². The van der Waals surface area contributed by atoms with E-state index in [1.807, 2.05) is 25.1 Å². The summed E-state index contributed by atoms with van der Waals surface area (Å²) in [6, 6.07) is 12.1. The van der Waals surface area contributed by atoms with Crippen molar-refractivity contribution in [1.82, 2.24) is 5.32 Å². The Balaban J connectivity index is 1.96. The van der Waals surface area contributed by atoms with Crippen molar-refractivity contribution in [2.24, 2.45) is 0 Å². The Morgan fingerprint density at radius 3 is 2.54 bits per heavy atom. The molecule has 2 aromatic rings. The third kappa shape index (κ3) is 4.97. The number of nitrogens with one attached hydrogen (secondary N) is 2. The maximum Gasteiger partial charge on any atom is 0.239 e. The van der Waals surface area contributed by atoms with E-state index < -0.39 is 9.84 Å². The van der Waals surface area contributed by atoms with Gasteiger partial charge in [0.25, 0.3) is 0 Å². The van der Waals surface area contributed by atoms with Gasteiger partial charge in [0.1, 0.15) is 0 Å². The van der Waals surface area contributed by atoms with Gasteiger partial charge in [0.2, 0.25) is 5.91 Å². The molecule has 0 unspecified atom stereocenters. The van der Waals surface area contributed by atoms with Crippen LogP contribution in [-0.4, -0.2) is 27.1 Å². The number of amides is 1. The van der Waals surface area contributed by atoms with Crippen molar-refractivity contribution in [3.05, 3.63) is 58.6 Å². The van der Waals surface area contributed by atoms with Crippen molar-refractivity contribution in [3.8, 4) is 0 Å². The molecule has 0 atom stereocenters. The minimum Gasteiger partial charge on any atom is -0.376 e. The van der Waals surface area contributed by atoms with Gasteiger partial charge in [0, 0.05) is 23.5 Å². The third-order valence-corrected chi connectivity index (χ3v) is 4.99. The summed E-state index contributed by atoms with van der Waals surface area (Å²) < 4.78 is 23.2. The fourth-order valence-corrected chi connectivity index (χ4v) is 2.95. The largest absolute Gasteiger partial charge is 0.376 e. The molecule has 0 saturated carbocycles. The fraction of sp³-hybridized carbons (Fsp3) is 0.235. The van der Waals surface area contributed by atoms with Crippen LogP contribution in [0.4, 0.5) is 5.69 Å². The van der Waals surface area contributed by atoms with Crippen LogP contribution >= 0.6 is 11.6 Å². The second-order valence-corrected chi connectivity index (χ2v) is 7.89. The van der Waals surface area contributed by atoms with Crippen molar-refractivity contribution in [3.63, 3.8) is 0 Å². The molecule has 0 aliphatic heterocycles. The average molecular weight is 367 g/mol. The number of hydrogen-bond donors (Lipinski definition) is 2. The fourth-order valence-electron chi connectivity index (χ4n) is 2.10. The predicted octanol–water partition coefficient (Wildman–Crippen LogP) is 2.78. The first-order valence-corrected chi connectivity index (χ1v) is 9.59. The van der Waals surface area contributed by atoms with Gasteiger partial charge >= 0.3 is 0 Å².